The van der Waals surface area contributed by atoms with Crippen LogP contribution in [0.1, 0.15) is 48.4 Å². The number of hydrogen-bond donors (Lipinski definition) is 1. The lowest BCUT2D eigenvalue weighted by molar-refractivity contribution is 0.305. The molecule has 4 rings (SSSR count). The van der Waals surface area contributed by atoms with E-state index in [0.717, 1.165) is 45.5 Å². The van der Waals surface area contributed by atoms with Crippen molar-refractivity contribution >= 4 is 22.5 Å². The van der Waals surface area contributed by atoms with Crippen LogP contribution in [0, 0.1) is 25.2 Å². The molecule has 0 bridgehead atoms. The van der Waals surface area contributed by atoms with Gasteiger partial charge in [0.15, 0.2) is 0 Å². The molecule has 1 aliphatic rings. The summed E-state index contributed by atoms with van der Waals surface area (Å²) in [4.78, 5) is 4.36. The van der Waals surface area contributed by atoms with Crippen LogP contribution in [0.25, 0.3) is 22.0 Å². The van der Waals surface area contributed by atoms with E-state index in [0.29, 0.717) is 17.6 Å². The van der Waals surface area contributed by atoms with E-state index in [-0.39, 0.29) is 0 Å². The fourth-order valence-electron chi connectivity index (χ4n) is 4.42. The van der Waals surface area contributed by atoms with Gasteiger partial charge in [-0.25, -0.2) is 0 Å². The van der Waals surface area contributed by atoms with Gasteiger partial charge in [0.2, 0.25) is 0 Å². The van der Waals surface area contributed by atoms with Gasteiger partial charge in [-0.2, -0.15) is 5.26 Å². The standard InChI is InChI=1S/C23H25ClN4/c1-14-8-22-19(9-16(14)10-25)21(20-12-27-11-15(2)23(20)24)13-28(22)18-6-4-17(26-3)5-7-18/h8-9,11-13,17-18,26H,4-7H2,1-3H3. The van der Waals surface area contributed by atoms with Crippen LogP contribution < -0.4 is 5.32 Å². The van der Waals surface area contributed by atoms with E-state index in [9.17, 15) is 5.26 Å². The Morgan fingerprint density at radius 3 is 2.54 bits per heavy atom. The molecule has 1 aliphatic carbocycles. The van der Waals surface area contributed by atoms with E-state index in [4.69, 9.17) is 11.6 Å². The highest BCUT2D eigenvalue weighted by Crippen LogP contribution is 2.40. The Balaban J connectivity index is 1.91. The third-order valence-corrected chi connectivity index (χ3v) is 6.64. The van der Waals surface area contributed by atoms with Crippen LogP contribution in [0.5, 0.6) is 0 Å². The van der Waals surface area contributed by atoms with E-state index in [1.807, 2.05) is 33.2 Å². The number of fused-ring (bicyclic) bond motifs is 1. The minimum absolute atomic E-state index is 0.463. The first-order valence-corrected chi connectivity index (χ1v) is 10.2. The second-order valence-electron chi connectivity index (χ2n) is 7.86. The molecular weight excluding hydrogens is 368 g/mol. The van der Waals surface area contributed by atoms with Gasteiger partial charge < -0.3 is 9.88 Å². The van der Waals surface area contributed by atoms with Crippen LogP contribution in [-0.2, 0) is 0 Å². The number of nitrogens with one attached hydrogen (secondary N) is 1. The molecule has 28 heavy (non-hydrogen) atoms. The van der Waals surface area contributed by atoms with E-state index in [2.05, 4.69) is 33.2 Å². The van der Waals surface area contributed by atoms with Crippen LogP contribution >= 0.6 is 11.6 Å². The molecule has 3 aromatic rings. The lowest BCUT2D eigenvalue weighted by Gasteiger charge is -2.30. The van der Waals surface area contributed by atoms with Crippen LogP contribution in [0.2, 0.25) is 5.02 Å². The van der Waals surface area contributed by atoms with E-state index in [1.165, 1.54) is 18.4 Å². The molecule has 1 aromatic carbocycles. The van der Waals surface area contributed by atoms with Gasteiger partial charge in [0.25, 0.3) is 0 Å². The topological polar surface area (TPSA) is 53.6 Å². The highest BCUT2D eigenvalue weighted by molar-refractivity contribution is 6.34. The third kappa shape index (κ3) is 3.19. The highest BCUT2D eigenvalue weighted by atomic mass is 35.5. The summed E-state index contributed by atoms with van der Waals surface area (Å²) in [7, 11) is 2.05. The Bertz CT molecular complexity index is 1070. The molecule has 1 N–H and O–H groups in total. The third-order valence-electron chi connectivity index (χ3n) is 6.14. The van der Waals surface area contributed by atoms with Crippen LogP contribution in [0.3, 0.4) is 0 Å². The molecule has 0 saturated heterocycles. The summed E-state index contributed by atoms with van der Waals surface area (Å²) in [5, 5.41) is 14.8. The maximum atomic E-state index is 9.55. The molecule has 1 fully saturated rings. The van der Waals surface area contributed by atoms with Gasteiger partial charge in [-0.15, -0.1) is 0 Å². The molecule has 2 heterocycles. The number of hydrogen-bond acceptors (Lipinski definition) is 3. The first kappa shape index (κ1) is 19.0. The van der Waals surface area contributed by atoms with Gasteiger partial charge in [0, 0.05) is 52.7 Å². The number of rotatable bonds is 3. The van der Waals surface area contributed by atoms with Crippen LogP contribution in [-0.4, -0.2) is 22.6 Å². The number of benzene rings is 1. The predicted molar refractivity (Wildman–Crippen MR) is 115 cm³/mol. The average Bonchev–Trinajstić information content (AvgIpc) is 3.07. The monoisotopic (exact) mass is 392 g/mol. The fourth-order valence-corrected chi connectivity index (χ4v) is 4.62. The number of aryl methyl sites for hydroxylation is 2. The minimum atomic E-state index is 0.463. The maximum absolute atomic E-state index is 9.55. The largest absolute Gasteiger partial charge is 0.344 e. The number of nitriles is 1. The zero-order valence-corrected chi connectivity index (χ0v) is 17.3. The summed E-state index contributed by atoms with van der Waals surface area (Å²) in [5.74, 6) is 0. The normalized spacial score (nSPS) is 19.7. The predicted octanol–water partition coefficient (Wildman–Crippen LogP) is 5.55. The van der Waals surface area contributed by atoms with Crippen LogP contribution in [0.15, 0.2) is 30.7 Å². The Morgan fingerprint density at radius 1 is 1.11 bits per heavy atom. The molecule has 5 heteroatoms. The second-order valence-corrected chi connectivity index (χ2v) is 8.24. The van der Waals surface area contributed by atoms with Crippen LogP contribution in [0.4, 0.5) is 0 Å². The quantitative estimate of drug-likeness (QED) is 0.635. The molecule has 0 unspecified atom stereocenters. The Hall–Kier alpha value is -2.35. The van der Waals surface area contributed by atoms with Crippen molar-refractivity contribution < 1.29 is 0 Å². The van der Waals surface area contributed by atoms with E-state index >= 15 is 0 Å². The van der Waals surface area contributed by atoms with Gasteiger partial charge in [-0.05, 0) is 69.8 Å². The number of aromatic nitrogens is 2. The van der Waals surface area contributed by atoms with Crippen molar-refractivity contribution in [1.29, 1.82) is 5.26 Å². The van der Waals surface area contributed by atoms with Crippen molar-refractivity contribution in [1.82, 2.24) is 14.9 Å². The summed E-state index contributed by atoms with van der Waals surface area (Å²) < 4.78 is 2.41. The van der Waals surface area contributed by atoms with E-state index in [1.54, 1.807) is 6.20 Å². The number of pyridine rings is 1. The van der Waals surface area contributed by atoms with Gasteiger partial charge in [0.1, 0.15) is 0 Å². The summed E-state index contributed by atoms with van der Waals surface area (Å²) in [6.45, 7) is 3.98. The lowest BCUT2D eigenvalue weighted by Crippen LogP contribution is -2.30. The Morgan fingerprint density at radius 2 is 1.86 bits per heavy atom. The zero-order valence-electron chi connectivity index (χ0n) is 16.6. The van der Waals surface area contributed by atoms with Crippen molar-refractivity contribution in [3.63, 3.8) is 0 Å². The summed E-state index contributed by atoms with van der Waals surface area (Å²) in [5.41, 5.74) is 5.85. The van der Waals surface area contributed by atoms with Gasteiger partial charge in [0.05, 0.1) is 16.7 Å². The summed E-state index contributed by atoms with van der Waals surface area (Å²) in [6.07, 6.45) is 10.5. The molecule has 0 atom stereocenters. The summed E-state index contributed by atoms with van der Waals surface area (Å²) in [6, 6.07) is 7.56. The smallest absolute Gasteiger partial charge is 0.0994 e. The number of nitrogens with zero attached hydrogens (tertiary/aromatic N) is 3. The molecule has 2 aromatic heterocycles. The number of halogens is 1. The first-order valence-electron chi connectivity index (χ1n) is 9.86. The van der Waals surface area contributed by atoms with Crippen molar-refractivity contribution in [3.8, 4) is 17.2 Å². The fraction of sp³-hybridized carbons (Fsp3) is 0.391. The average molecular weight is 393 g/mol. The minimum Gasteiger partial charge on any atom is -0.344 e. The van der Waals surface area contributed by atoms with Crippen molar-refractivity contribution in [2.24, 2.45) is 0 Å². The lowest BCUT2D eigenvalue weighted by atomic mass is 9.91. The van der Waals surface area contributed by atoms with E-state index < -0.39 is 0 Å². The van der Waals surface area contributed by atoms with Gasteiger partial charge >= 0.3 is 0 Å². The molecule has 0 aliphatic heterocycles. The highest BCUT2D eigenvalue weighted by Gasteiger charge is 2.24. The Labute approximate surface area is 171 Å². The SMILES string of the molecule is CNC1CCC(n2cc(-c3cncc(C)c3Cl)c3cc(C#N)c(C)cc32)CC1. The van der Waals surface area contributed by atoms with Crippen molar-refractivity contribution in [2.45, 2.75) is 51.6 Å². The van der Waals surface area contributed by atoms with Crippen molar-refractivity contribution in [3.05, 3.63) is 52.4 Å². The first-order chi connectivity index (χ1) is 13.5. The molecule has 0 spiro atoms. The molecule has 4 nitrogen and oxygen atoms in total. The Kier molecular flexibility index (Phi) is 5.14. The van der Waals surface area contributed by atoms with Gasteiger partial charge in [-0.3, -0.25) is 4.98 Å². The van der Waals surface area contributed by atoms with Crippen molar-refractivity contribution in [2.75, 3.05) is 7.05 Å². The molecular formula is C23H25ClN4. The molecule has 0 amide bonds. The second kappa shape index (κ2) is 7.58. The molecule has 1 saturated carbocycles. The maximum Gasteiger partial charge on any atom is 0.0994 e. The molecule has 144 valence electrons. The summed E-state index contributed by atoms with van der Waals surface area (Å²) >= 11 is 6.64. The van der Waals surface area contributed by atoms with Gasteiger partial charge in [-0.1, -0.05) is 11.6 Å². The molecule has 0 radical (unpaired) electrons. The zero-order chi connectivity index (χ0) is 19.8.